The molecule has 0 aliphatic rings. The van der Waals surface area contributed by atoms with Crippen molar-refractivity contribution in [2.24, 2.45) is 0 Å². The molecule has 70 heavy (non-hydrogen) atoms. The summed E-state index contributed by atoms with van der Waals surface area (Å²) in [6, 6.07) is 102. The predicted octanol–water partition coefficient (Wildman–Crippen LogP) is 14.0. The van der Waals surface area contributed by atoms with Crippen molar-refractivity contribution in [3.05, 3.63) is 273 Å². The van der Waals surface area contributed by atoms with Crippen LogP contribution in [0, 0.1) is 0 Å². The zero-order chi connectivity index (χ0) is 46.2. The van der Waals surface area contributed by atoms with E-state index in [1.165, 1.54) is 86.3 Å². The Kier molecular flexibility index (Phi) is 9.23. The summed E-state index contributed by atoms with van der Waals surface area (Å²) in [5.74, 6) is 0. The zero-order valence-corrected chi connectivity index (χ0v) is 39.3. The summed E-state index contributed by atoms with van der Waals surface area (Å²) in [5.41, 5.74) is 12.8. The molecule has 0 saturated carbocycles. The summed E-state index contributed by atoms with van der Waals surface area (Å²) in [6.45, 7) is 0. The average Bonchev–Trinajstić information content (AvgIpc) is 4.09. The van der Waals surface area contributed by atoms with Crippen LogP contribution in [0.4, 0.5) is 0 Å². The lowest BCUT2D eigenvalue weighted by Crippen LogP contribution is -2.74. The first-order valence-corrected chi connectivity index (χ1v) is 26.2. The van der Waals surface area contributed by atoms with Gasteiger partial charge >= 0.3 is 0 Å². The number of nitrogens with zero attached hydrogens (tertiary/aromatic N) is 3. The maximum atomic E-state index is 2.58. The summed E-state index contributed by atoms with van der Waals surface area (Å²) in [7, 11) is -3.06. The van der Waals surface area contributed by atoms with Gasteiger partial charge in [-0.25, -0.2) is 0 Å². The van der Waals surface area contributed by atoms with Gasteiger partial charge in [-0.15, -0.1) is 0 Å². The highest BCUT2D eigenvalue weighted by atomic mass is 28.3. The number of aromatic nitrogens is 3. The fraction of sp³-hybridized carbons (Fsp3) is 0. The van der Waals surface area contributed by atoms with E-state index in [2.05, 4.69) is 287 Å². The molecule has 14 aromatic rings. The van der Waals surface area contributed by atoms with Gasteiger partial charge in [-0.3, -0.25) is 0 Å². The van der Waals surface area contributed by atoms with E-state index in [-0.39, 0.29) is 0 Å². The molecule has 0 spiro atoms. The topological polar surface area (TPSA) is 14.8 Å². The summed E-state index contributed by atoms with van der Waals surface area (Å²) in [6.07, 6.45) is 0. The minimum absolute atomic E-state index is 1.10. The minimum atomic E-state index is -3.06. The van der Waals surface area contributed by atoms with Crippen molar-refractivity contribution in [1.82, 2.24) is 13.7 Å². The molecule has 11 aromatic carbocycles. The third-order valence-electron chi connectivity index (χ3n) is 14.8. The molecular weight excluding hydrogens is 863 g/mol. The number of rotatable bonds is 8. The Bertz CT molecular complexity index is 4130. The quantitative estimate of drug-likeness (QED) is 0.107. The van der Waals surface area contributed by atoms with Gasteiger partial charge in [0.2, 0.25) is 0 Å². The van der Waals surface area contributed by atoms with Crippen LogP contribution in [0.2, 0.25) is 0 Å². The Hall–Kier alpha value is -8.96. The van der Waals surface area contributed by atoms with Gasteiger partial charge in [0, 0.05) is 43.7 Å². The predicted molar refractivity (Wildman–Crippen MR) is 299 cm³/mol. The van der Waals surface area contributed by atoms with Crippen LogP contribution in [0.1, 0.15) is 0 Å². The first-order valence-electron chi connectivity index (χ1n) is 24.2. The standard InChI is InChI=1S/C66H45N3Si/c1-5-22-46(23-6-1)47-24-21-25-48(44-47)67-58-36-17-13-34-55(58)56-41-40-49(45-63(56)67)68-61-39-20-16-35-57(61)65-64(43-42-62(66(65)68)69-59-37-18-14-32-53(59)54-33-15-19-38-60(54)69)70(50-26-7-2-8-27-50,51-28-9-3-10-29-51)52-30-11-4-12-31-52/h1-45H. The molecule has 0 aliphatic heterocycles. The van der Waals surface area contributed by atoms with Crippen LogP contribution in [-0.2, 0) is 0 Å². The van der Waals surface area contributed by atoms with Gasteiger partial charge < -0.3 is 13.7 Å². The van der Waals surface area contributed by atoms with E-state index in [1.807, 2.05) is 0 Å². The Morgan fingerprint density at radius 1 is 0.257 bits per heavy atom. The van der Waals surface area contributed by atoms with Crippen molar-refractivity contribution in [1.29, 1.82) is 0 Å². The molecule has 0 aliphatic carbocycles. The molecule has 328 valence electrons. The smallest absolute Gasteiger partial charge is 0.180 e. The number of para-hydroxylation sites is 4. The van der Waals surface area contributed by atoms with E-state index in [1.54, 1.807) is 0 Å². The Balaban J connectivity index is 1.16. The normalized spacial score (nSPS) is 12.0. The number of hydrogen-bond donors (Lipinski definition) is 0. The molecular formula is C66H45N3Si. The van der Waals surface area contributed by atoms with Crippen LogP contribution >= 0.6 is 0 Å². The van der Waals surface area contributed by atoms with Crippen LogP contribution in [0.3, 0.4) is 0 Å². The summed E-state index contributed by atoms with van der Waals surface area (Å²) in [4.78, 5) is 0. The van der Waals surface area contributed by atoms with Gasteiger partial charge in [-0.2, -0.15) is 0 Å². The lowest BCUT2D eigenvalue weighted by molar-refractivity contribution is 1.13. The highest BCUT2D eigenvalue weighted by Gasteiger charge is 2.43. The van der Waals surface area contributed by atoms with Crippen LogP contribution in [-0.4, -0.2) is 21.8 Å². The molecule has 0 N–H and O–H groups in total. The highest BCUT2D eigenvalue weighted by molar-refractivity contribution is 7.20. The van der Waals surface area contributed by atoms with Crippen molar-refractivity contribution >= 4 is 94.2 Å². The van der Waals surface area contributed by atoms with E-state index in [4.69, 9.17) is 0 Å². The highest BCUT2D eigenvalue weighted by Crippen LogP contribution is 2.42. The van der Waals surface area contributed by atoms with Gasteiger partial charge in [-0.05, 0) is 86.5 Å². The lowest BCUT2D eigenvalue weighted by atomic mass is 10.1. The second kappa shape index (κ2) is 16.1. The van der Waals surface area contributed by atoms with Crippen LogP contribution in [0.5, 0.6) is 0 Å². The Morgan fingerprint density at radius 3 is 1.24 bits per heavy atom. The van der Waals surface area contributed by atoms with E-state index in [9.17, 15) is 0 Å². The van der Waals surface area contributed by atoms with Crippen molar-refractivity contribution in [2.75, 3.05) is 0 Å². The fourth-order valence-electron chi connectivity index (χ4n) is 11.9. The molecule has 0 fully saturated rings. The van der Waals surface area contributed by atoms with Crippen LogP contribution in [0.15, 0.2) is 273 Å². The largest absolute Gasteiger partial charge is 0.309 e. The van der Waals surface area contributed by atoms with Crippen molar-refractivity contribution in [2.45, 2.75) is 0 Å². The minimum Gasteiger partial charge on any atom is -0.309 e. The lowest BCUT2D eigenvalue weighted by Gasteiger charge is -2.35. The molecule has 0 saturated heterocycles. The maximum Gasteiger partial charge on any atom is 0.180 e. The van der Waals surface area contributed by atoms with Crippen LogP contribution in [0.25, 0.3) is 93.6 Å². The third-order valence-corrected chi connectivity index (χ3v) is 19.6. The number of benzene rings is 11. The summed E-state index contributed by atoms with van der Waals surface area (Å²) >= 11 is 0. The summed E-state index contributed by atoms with van der Waals surface area (Å²) < 4.78 is 7.56. The van der Waals surface area contributed by atoms with E-state index in [0.29, 0.717) is 0 Å². The molecule has 0 amide bonds. The van der Waals surface area contributed by atoms with Gasteiger partial charge in [0.05, 0.1) is 38.8 Å². The zero-order valence-electron chi connectivity index (χ0n) is 38.3. The Labute approximate surface area is 407 Å². The third kappa shape index (κ3) is 5.94. The molecule has 3 aromatic heterocycles. The molecule has 14 rings (SSSR count). The molecule has 3 heterocycles. The van der Waals surface area contributed by atoms with E-state index >= 15 is 0 Å². The van der Waals surface area contributed by atoms with Gasteiger partial charge in [0.15, 0.2) is 8.07 Å². The van der Waals surface area contributed by atoms with Crippen molar-refractivity contribution in [3.63, 3.8) is 0 Å². The average molecular weight is 908 g/mol. The SMILES string of the molecule is c1ccc(-c2cccc(-n3c4ccccc4c4ccc(-n5c6ccccc6c6c([Si](c7ccccc7)(c7ccccc7)c7ccccc7)ccc(-n7c8ccccc8c8ccccc87)c65)cc43)c2)cc1. The van der Waals surface area contributed by atoms with Crippen molar-refractivity contribution < 1.29 is 0 Å². The maximum absolute atomic E-state index is 3.06. The molecule has 0 bridgehead atoms. The summed E-state index contributed by atoms with van der Waals surface area (Å²) in [5, 5.41) is 12.8. The van der Waals surface area contributed by atoms with Gasteiger partial charge in [-0.1, -0.05) is 218 Å². The second-order valence-corrected chi connectivity index (χ2v) is 22.2. The fourth-order valence-corrected chi connectivity index (χ4v) is 16.9. The number of fused-ring (bicyclic) bond motifs is 9. The second-order valence-electron chi connectivity index (χ2n) is 18.4. The molecule has 0 unspecified atom stereocenters. The van der Waals surface area contributed by atoms with Gasteiger partial charge in [0.25, 0.3) is 0 Å². The van der Waals surface area contributed by atoms with Gasteiger partial charge in [0.1, 0.15) is 0 Å². The number of hydrogen-bond acceptors (Lipinski definition) is 0. The Morgan fingerprint density at radius 2 is 0.686 bits per heavy atom. The first kappa shape index (κ1) is 40.1. The van der Waals surface area contributed by atoms with E-state index in [0.717, 1.165) is 28.1 Å². The molecule has 3 nitrogen and oxygen atoms in total. The first-order chi connectivity index (χ1) is 34.8. The van der Waals surface area contributed by atoms with Crippen LogP contribution < -0.4 is 20.7 Å². The molecule has 0 radical (unpaired) electrons. The monoisotopic (exact) mass is 907 g/mol. The van der Waals surface area contributed by atoms with Crippen molar-refractivity contribution in [3.8, 4) is 28.2 Å². The molecule has 0 atom stereocenters. The van der Waals surface area contributed by atoms with E-state index < -0.39 is 8.07 Å². The molecule has 4 heteroatoms.